The van der Waals surface area contributed by atoms with E-state index in [1.807, 2.05) is 0 Å². The second-order valence-corrected chi connectivity index (χ2v) is 4.31. The molecule has 0 radical (unpaired) electrons. The predicted octanol–water partition coefficient (Wildman–Crippen LogP) is 4.78. The van der Waals surface area contributed by atoms with Gasteiger partial charge in [-0.2, -0.15) is 35.1 Å². The van der Waals surface area contributed by atoms with Gasteiger partial charge in [0.2, 0.25) is 0 Å². The summed E-state index contributed by atoms with van der Waals surface area (Å²) < 4.78 is 102. The minimum atomic E-state index is -6.49. The van der Waals surface area contributed by atoms with E-state index in [9.17, 15) is 35.1 Å². The fraction of sp³-hybridized carbons (Fsp3) is 0.333. The van der Waals surface area contributed by atoms with Gasteiger partial charge in [-0.1, -0.05) is 24.1 Å². The van der Waals surface area contributed by atoms with Crippen LogP contribution in [0.2, 0.25) is 0 Å². The second kappa shape index (κ2) is 5.37. The third kappa shape index (κ3) is 3.23. The van der Waals surface area contributed by atoms with Gasteiger partial charge in [0, 0.05) is 5.56 Å². The highest BCUT2D eigenvalue weighted by Crippen LogP contribution is 2.53. The normalized spacial score (nSPS) is 13.6. The van der Waals surface area contributed by atoms with Crippen LogP contribution in [0.5, 0.6) is 0 Å². The largest absolute Gasteiger partial charge is 0.393 e. The predicted molar refractivity (Wildman–Crippen MR) is 59.0 cm³/mol. The first-order valence-electron chi connectivity index (χ1n) is 5.11. The van der Waals surface area contributed by atoms with E-state index in [0.717, 1.165) is 12.1 Å². The zero-order valence-corrected chi connectivity index (χ0v) is 10.5. The minimum absolute atomic E-state index is 0.186. The van der Waals surface area contributed by atoms with Crippen LogP contribution in [0.1, 0.15) is 5.56 Å². The summed E-state index contributed by atoms with van der Waals surface area (Å²) in [6.07, 6.45) is 0. The molecule has 21 heavy (non-hydrogen) atoms. The summed E-state index contributed by atoms with van der Waals surface area (Å²) >= 11 is 3.79. The maximum absolute atomic E-state index is 13.1. The van der Waals surface area contributed by atoms with Crippen LogP contribution in [0.25, 0.3) is 0 Å². The van der Waals surface area contributed by atoms with Crippen molar-refractivity contribution in [2.45, 2.75) is 23.1 Å². The lowest BCUT2D eigenvalue weighted by atomic mass is 10.0. The summed E-state index contributed by atoms with van der Waals surface area (Å²) in [5.41, 5.74) is -0.186. The number of alkyl halides is 9. The molecule has 0 saturated heterocycles. The number of hydrogen-bond donors (Lipinski definition) is 0. The number of benzene rings is 1. The zero-order valence-electron chi connectivity index (χ0n) is 9.79. The summed E-state index contributed by atoms with van der Waals surface area (Å²) in [6.45, 7) is 0. The van der Waals surface area contributed by atoms with E-state index >= 15 is 0 Å². The minimum Gasteiger partial charge on any atom is -0.191 e. The van der Waals surface area contributed by atoms with E-state index in [1.165, 1.54) is 24.1 Å². The average molecular weight is 337 g/mol. The molecule has 0 unspecified atom stereocenters. The fourth-order valence-corrected chi connectivity index (χ4v) is 1.24. The highest BCUT2D eigenvalue weighted by Gasteiger charge is 2.80. The number of hydrogen-bond acceptors (Lipinski definition) is 0. The maximum atomic E-state index is 13.1. The Kier molecular flexibility index (Phi) is 4.49. The van der Waals surface area contributed by atoms with Crippen LogP contribution in [0, 0.1) is 11.8 Å². The molecule has 0 amide bonds. The van der Waals surface area contributed by atoms with Gasteiger partial charge < -0.3 is 0 Å². The van der Waals surface area contributed by atoms with Crippen molar-refractivity contribution in [3.05, 3.63) is 35.9 Å². The summed E-state index contributed by atoms with van der Waals surface area (Å²) in [5.74, 6) is -16.6. The highest BCUT2D eigenvalue weighted by atomic mass is 35.5. The third-order valence-corrected chi connectivity index (χ3v) is 2.52. The van der Waals surface area contributed by atoms with E-state index < -0.39 is 23.1 Å². The molecule has 0 N–H and O–H groups in total. The molecule has 116 valence electrons. The molecule has 0 nitrogen and oxygen atoms in total. The van der Waals surface area contributed by atoms with Gasteiger partial charge in [0.1, 0.15) is 0 Å². The quantitative estimate of drug-likeness (QED) is 0.423. The summed E-state index contributed by atoms with van der Waals surface area (Å²) in [6, 6.07) is 6.37. The monoisotopic (exact) mass is 336 g/mol. The Balaban J connectivity index is 3.21. The van der Waals surface area contributed by atoms with Gasteiger partial charge in [0.25, 0.3) is 0 Å². The lowest BCUT2D eigenvalue weighted by Gasteiger charge is -2.31. The van der Waals surface area contributed by atoms with Crippen molar-refractivity contribution < 1.29 is 35.1 Å². The van der Waals surface area contributed by atoms with Crippen LogP contribution in [0.4, 0.5) is 35.1 Å². The van der Waals surface area contributed by atoms with Crippen molar-refractivity contribution in [3.8, 4) is 11.8 Å². The molecule has 0 atom stereocenters. The molecule has 0 bridgehead atoms. The molecule has 0 aliphatic rings. The van der Waals surface area contributed by atoms with Crippen LogP contribution < -0.4 is 0 Å². The molecule has 0 aromatic heterocycles. The maximum Gasteiger partial charge on any atom is 0.393 e. The SMILES string of the molecule is FC(F)(Cl)C(F)(F)C(F)(F)C(F)(F)C#Cc1ccccc1. The van der Waals surface area contributed by atoms with Gasteiger partial charge >= 0.3 is 23.1 Å². The van der Waals surface area contributed by atoms with Crippen molar-refractivity contribution in [2.75, 3.05) is 0 Å². The van der Waals surface area contributed by atoms with Crippen LogP contribution >= 0.6 is 11.6 Å². The standard InChI is InChI=1S/C12H5ClF8/c13-12(20,21)11(18,19)10(16,17)9(14,15)7-6-8-4-2-1-3-5-8/h1-5H. The first kappa shape index (κ1) is 17.6. The Morgan fingerprint density at radius 1 is 0.762 bits per heavy atom. The third-order valence-electron chi connectivity index (χ3n) is 2.28. The Hall–Kier alpha value is -1.49. The Bertz CT molecular complexity index is 550. The molecular weight excluding hydrogens is 332 g/mol. The van der Waals surface area contributed by atoms with E-state index in [2.05, 4.69) is 11.6 Å². The summed E-state index contributed by atoms with van der Waals surface area (Å²) in [7, 11) is 0. The van der Waals surface area contributed by atoms with Gasteiger partial charge in [-0.3, -0.25) is 0 Å². The first-order chi connectivity index (χ1) is 9.33. The zero-order chi connectivity index (χ0) is 16.5. The number of rotatable bonds is 3. The molecule has 0 aliphatic heterocycles. The van der Waals surface area contributed by atoms with Gasteiger partial charge in [0.15, 0.2) is 0 Å². The molecule has 0 aliphatic carbocycles. The summed E-state index contributed by atoms with van der Waals surface area (Å²) in [4.78, 5) is 0. The van der Waals surface area contributed by atoms with Crippen molar-refractivity contribution >= 4 is 11.6 Å². The Morgan fingerprint density at radius 2 is 1.24 bits per heavy atom. The smallest absolute Gasteiger partial charge is 0.191 e. The van der Waals surface area contributed by atoms with E-state index in [1.54, 1.807) is 0 Å². The molecule has 1 rings (SSSR count). The van der Waals surface area contributed by atoms with Gasteiger partial charge in [-0.05, 0) is 29.7 Å². The molecule has 9 heteroatoms. The number of halogens is 9. The van der Waals surface area contributed by atoms with E-state index in [-0.39, 0.29) is 5.56 Å². The fourth-order valence-electron chi connectivity index (χ4n) is 1.13. The van der Waals surface area contributed by atoms with E-state index in [4.69, 9.17) is 0 Å². The summed E-state index contributed by atoms with van der Waals surface area (Å²) in [5, 5.41) is -5.87. The first-order valence-corrected chi connectivity index (χ1v) is 5.49. The van der Waals surface area contributed by atoms with E-state index in [0.29, 0.717) is 5.92 Å². The lowest BCUT2D eigenvalue weighted by Crippen LogP contribution is -2.60. The molecule has 0 heterocycles. The second-order valence-electron chi connectivity index (χ2n) is 3.84. The molecule has 1 aromatic rings. The van der Waals surface area contributed by atoms with Crippen LogP contribution in [0.3, 0.4) is 0 Å². The van der Waals surface area contributed by atoms with Crippen LogP contribution in [-0.4, -0.2) is 23.1 Å². The molecular formula is C12H5ClF8. The van der Waals surface area contributed by atoms with Crippen molar-refractivity contribution in [1.29, 1.82) is 0 Å². The topological polar surface area (TPSA) is 0 Å². The average Bonchev–Trinajstić information content (AvgIpc) is 2.36. The van der Waals surface area contributed by atoms with Crippen LogP contribution in [-0.2, 0) is 0 Å². The van der Waals surface area contributed by atoms with Crippen molar-refractivity contribution in [2.24, 2.45) is 0 Å². The van der Waals surface area contributed by atoms with Crippen molar-refractivity contribution in [1.82, 2.24) is 0 Å². The van der Waals surface area contributed by atoms with Gasteiger partial charge in [-0.15, -0.1) is 0 Å². The molecule has 0 saturated carbocycles. The highest BCUT2D eigenvalue weighted by molar-refractivity contribution is 6.22. The Morgan fingerprint density at radius 3 is 1.67 bits per heavy atom. The van der Waals surface area contributed by atoms with Crippen LogP contribution in [0.15, 0.2) is 30.3 Å². The van der Waals surface area contributed by atoms with Gasteiger partial charge in [0.05, 0.1) is 0 Å². The van der Waals surface area contributed by atoms with Crippen molar-refractivity contribution in [3.63, 3.8) is 0 Å². The Labute approximate surface area is 118 Å². The molecule has 1 aromatic carbocycles. The molecule has 0 fully saturated rings. The van der Waals surface area contributed by atoms with Gasteiger partial charge in [-0.25, -0.2) is 0 Å². The molecule has 0 spiro atoms. The lowest BCUT2D eigenvalue weighted by molar-refractivity contribution is -0.333.